The molecule has 1 atom stereocenters. The molecule has 0 saturated carbocycles. The average molecular weight is 372 g/mol. The minimum absolute atomic E-state index is 0.128. The molecule has 1 aromatic carbocycles. The highest BCUT2D eigenvalue weighted by molar-refractivity contribution is 6.39. The molecule has 4 nitrogen and oxygen atoms in total. The summed E-state index contributed by atoms with van der Waals surface area (Å²) >= 11 is 12.0. The summed E-state index contributed by atoms with van der Waals surface area (Å²) in [6.45, 7) is 1.65. The maximum absolute atomic E-state index is 12.3. The van der Waals surface area contributed by atoms with E-state index in [0.29, 0.717) is 6.42 Å². The van der Waals surface area contributed by atoms with E-state index in [1.165, 1.54) is 6.92 Å². The van der Waals surface area contributed by atoms with Gasteiger partial charge in [-0.05, 0) is 44.7 Å². The minimum atomic E-state index is -0.612. The second-order valence-electron chi connectivity index (χ2n) is 5.51. The van der Waals surface area contributed by atoms with Gasteiger partial charge in [-0.1, -0.05) is 47.8 Å². The maximum atomic E-state index is 12.3. The fourth-order valence-corrected chi connectivity index (χ4v) is 2.74. The van der Waals surface area contributed by atoms with Crippen LogP contribution in [0, 0.1) is 0 Å². The summed E-state index contributed by atoms with van der Waals surface area (Å²) in [5.41, 5.74) is 0.181. The number of halogens is 2. The van der Waals surface area contributed by atoms with Gasteiger partial charge in [0.25, 0.3) is 5.91 Å². The van der Waals surface area contributed by atoms with Crippen molar-refractivity contribution in [1.29, 1.82) is 0 Å². The highest BCUT2D eigenvalue weighted by atomic mass is 35.5. The average Bonchev–Trinajstić information content (AvgIpc) is 2.52. The summed E-state index contributed by atoms with van der Waals surface area (Å²) in [6.07, 6.45) is 7.94. The number of aliphatic hydroxyl groups excluding tert-OH is 1. The molecule has 0 aliphatic rings. The van der Waals surface area contributed by atoms with Gasteiger partial charge in [0.15, 0.2) is 5.78 Å². The van der Waals surface area contributed by atoms with Gasteiger partial charge < -0.3 is 10.4 Å². The molecular formula is C18H23Cl2NO3. The van der Waals surface area contributed by atoms with Crippen molar-refractivity contribution in [2.75, 3.05) is 6.61 Å². The number of aliphatic hydroxyl groups is 1. The van der Waals surface area contributed by atoms with E-state index in [0.717, 1.165) is 25.7 Å². The monoisotopic (exact) mass is 371 g/mol. The molecule has 132 valence electrons. The van der Waals surface area contributed by atoms with Crippen molar-refractivity contribution >= 4 is 34.9 Å². The topological polar surface area (TPSA) is 66.4 Å². The molecule has 0 saturated heterocycles. The minimum Gasteiger partial charge on any atom is -0.396 e. The van der Waals surface area contributed by atoms with E-state index in [1.54, 1.807) is 18.2 Å². The Bertz CT molecular complexity index is 567. The predicted octanol–water partition coefficient (Wildman–Crippen LogP) is 4.18. The lowest BCUT2D eigenvalue weighted by Gasteiger charge is -2.15. The van der Waals surface area contributed by atoms with E-state index >= 15 is 0 Å². The molecule has 0 aromatic heterocycles. The van der Waals surface area contributed by atoms with Gasteiger partial charge in [0.2, 0.25) is 0 Å². The fraction of sp³-hybridized carbons (Fsp3) is 0.444. The Morgan fingerprint density at radius 2 is 1.83 bits per heavy atom. The summed E-state index contributed by atoms with van der Waals surface area (Å²) in [5.74, 6) is -0.585. The molecule has 0 aliphatic carbocycles. The van der Waals surface area contributed by atoms with Crippen LogP contribution in [0.5, 0.6) is 0 Å². The van der Waals surface area contributed by atoms with Gasteiger partial charge in [-0.2, -0.15) is 0 Å². The number of amides is 1. The third-order valence-corrected chi connectivity index (χ3v) is 4.18. The van der Waals surface area contributed by atoms with E-state index in [1.807, 2.05) is 12.2 Å². The highest BCUT2D eigenvalue weighted by Crippen LogP contribution is 2.24. The number of hydrogen-bond donors (Lipinski definition) is 2. The first-order valence-corrected chi connectivity index (χ1v) is 8.74. The smallest absolute Gasteiger partial charge is 0.254 e. The first-order chi connectivity index (χ1) is 11.5. The van der Waals surface area contributed by atoms with Crippen LogP contribution < -0.4 is 5.32 Å². The van der Waals surface area contributed by atoms with Crippen molar-refractivity contribution in [3.8, 4) is 0 Å². The molecule has 6 heteroatoms. The molecule has 0 unspecified atom stereocenters. The Hall–Kier alpha value is -1.36. The standard InChI is InChI=1S/C18H23Cl2NO3/c1-13(23)16(11-6-4-2-3-5-7-12-22)21-18(24)17-14(19)9-8-10-15(17)20/h4,6,8-10,16,22H,2-3,5,7,11-12H2,1H3,(H,21,24)/b6-4+/t16-/m0/s1. The first-order valence-electron chi connectivity index (χ1n) is 7.98. The lowest BCUT2D eigenvalue weighted by Crippen LogP contribution is -2.39. The van der Waals surface area contributed by atoms with Crippen LogP contribution in [0.15, 0.2) is 30.4 Å². The molecule has 0 fully saturated rings. The Kier molecular flexibility index (Phi) is 9.69. The molecule has 0 spiro atoms. The van der Waals surface area contributed by atoms with Crippen LogP contribution in [-0.2, 0) is 4.79 Å². The van der Waals surface area contributed by atoms with Crippen LogP contribution >= 0.6 is 23.2 Å². The van der Waals surface area contributed by atoms with Crippen molar-refractivity contribution in [3.63, 3.8) is 0 Å². The number of ketones is 1. The number of benzene rings is 1. The third kappa shape index (κ3) is 7.04. The number of nitrogens with one attached hydrogen (secondary N) is 1. The predicted molar refractivity (Wildman–Crippen MR) is 97.7 cm³/mol. The van der Waals surface area contributed by atoms with E-state index in [4.69, 9.17) is 28.3 Å². The molecule has 0 heterocycles. The van der Waals surface area contributed by atoms with Crippen LogP contribution in [0.3, 0.4) is 0 Å². The van der Waals surface area contributed by atoms with Gasteiger partial charge in [0, 0.05) is 6.61 Å². The zero-order valence-corrected chi connectivity index (χ0v) is 15.2. The summed E-state index contributed by atoms with van der Waals surface area (Å²) in [5, 5.41) is 11.9. The number of unbranched alkanes of at least 4 members (excludes halogenated alkanes) is 3. The molecule has 1 amide bonds. The maximum Gasteiger partial charge on any atom is 0.254 e. The second kappa shape index (κ2) is 11.2. The van der Waals surface area contributed by atoms with Crippen molar-refractivity contribution < 1.29 is 14.7 Å². The Labute approximate surface area is 152 Å². The SMILES string of the molecule is CC(=O)[C@H](C/C=C/CCCCCO)NC(=O)c1c(Cl)cccc1Cl. The molecule has 0 aliphatic heterocycles. The quantitative estimate of drug-likeness (QED) is 0.478. The van der Waals surface area contributed by atoms with Crippen LogP contribution in [0.4, 0.5) is 0 Å². The van der Waals surface area contributed by atoms with E-state index in [-0.39, 0.29) is 28.0 Å². The molecule has 0 radical (unpaired) electrons. The Morgan fingerprint density at radius 1 is 1.17 bits per heavy atom. The van der Waals surface area contributed by atoms with Gasteiger partial charge in [0.1, 0.15) is 0 Å². The number of carbonyl (C=O) groups is 2. The van der Waals surface area contributed by atoms with Crippen molar-refractivity contribution in [1.82, 2.24) is 5.32 Å². The van der Waals surface area contributed by atoms with Gasteiger partial charge in [-0.15, -0.1) is 0 Å². The van der Waals surface area contributed by atoms with Crippen molar-refractivity contribution in [2.45, 2.75) is 45.1 Å². The van der Waals surface area contributed by atoms with Crippen molar-refractivity contribution in [3.05, 3.63) is 46.0 Å². The summed E-state index contributed by atoms with van der Waals surface area (Å²) in [7, 11) is 0. The zero-order chi connectivity index (χ0) is 17.9. The van der Waals surface area contributed by atoms with E-state index < -0.39 is 11.9 Å². The molecule has 0 bridgehead atoms. The van der Waals surface area contributed by atoms with E-state index in [2.05, 4.69) is 5.32 Å². The number of rotatable bonds is 10. The molecule has 1 aromatic rings. The Balaban J connectivity index is 2.58. The molecule has 1 rings (SSSR count). The molecule has 24 heavy (non-hydrogen) atoms. The number of Topliss-reactive ketones (excluding diaryl/α,β-unsaturated/α-hetero) is 1. The summed E-state index contributed by atoms with van der Waals surface area (Å²) in [4.78, 5) is 24.1. The summed E-state index contributed by atoms with van der Waals surface area (Å²) < 4.78 is 0. The summed E-state index contributed by atoms with van der Waals surface area (Å²) in [6, 6.07) is 4.21. The van der Waals surface area contributed by atoms with Crippen LogP contribution in [0.2, 0.25) is 10.0 Å². The van der Waals surface area contributed by atoms with Crippen LogP contribution in [-0.4, -0.2) is 29.4 Å². The second-order valence-corrected chi connectivity index (χ2v) is 6.33. The van der Waals surface area contributed by atoms with Gasteiger partial charge in [-0.25, -0.2) is 0 Å². The lowest BCUT2D eigenvalue weighted by molar-refractivity contribution is -0.118. The van der Waals surface area contributed by atoms with Crippen LogP contribution in [0.25, 0.3) is 0 Å². The number of hydrogen-bond acceptors (Lipinski definition) is 3. The van der Waals surface area contributed by atoms with Gasteiger partial charge in [0.05, 0.1) is 21.7 Å². The van der Waals surface area contributed by atoms with Crippen molar-refractivity contribution in [2.24, 2.45) is 0 Å². The fourth-order valence-electron chi connectivity index (χ4n) is 2.17. The number of allylic oxidation sites excluding steroid dienone is 1. The first kappa shape index (κ1) is 20.7. The van der Waals surface area contributed by atoms with E-state index in [9.17, 15) is 9.59 Å². The van der Waals surface area contributed by atoms with Gasteiger partial charge >= 0.3 is 0 Å². The molecular weight excluding hydrogens is 349 g/mol. The van der Waals surface area contributed by atoms with Crippen LogP contribution in [0.1, 0.15) is 49.4 Å². The normalized spacial score (nSPS) is 12.3. The largest absolute Gasteiger partial charge is 0.396 e. The lowest BCUT2D eigenvalue weighted by atomic mass is 10.1. The zero-order valence-electron chi connectivity index (χ0n) is 13.7. The Morgan fingerprint density at radius 3 is 2.42 bits per heavy atom. The molecule has 2 N–H and O–H groups in total. The third-order valence-electron chi connectivity index (χ3n) is 3.55. The van der Waals surface area contributed by atoms with Gasteiger partial charge in [-0.3, -0.25) is 9.59 Å². The highest BCUT2D eigenvalue weighted by Gasteiger charge is 2.20. The number of carbonyl (C=O) groups excluding carboxylic acids is 2.